The van der Waals surface area contributed by atoms with Crippen molar-refractivity contribution in [2.45, 2.75) is 26.8 Å². The van der Waals surface area contributed by atoms with Gasteiger partial charge in [-0.25, -0.2) is 0 Å². The summed E-state index contributed by atoms with van der Waals surface area (Å²) in [4.78, 5) is 0. The molecular formula is C14H21NO2. The van der Waals surface area contributed by atoms with Gasteiger partial charge in [0.15, 0.2) is 0 Å². The highest BCUT2D eigenvalue weighted by atomic mass is 16.5. The van der Waals surface area contributed by atoms with Crippen LogP contribution in [0, 0.1) is 0 Å². The van der Waals surface area contributed by atoms with E-state index in [1.807, 2.05) is 45.0 Å². The van der Waals surface area contributed by atoms with E-state index in [0.29, 0.717) is 6.61 Å². The lowest BCUT2D eigenvalue weighted by Crippen LogP contribution is -2.08. The maximum Gasteiger partial charge on any atom is 0.128 e. The lowest BCUT2D eigenvalue weighted by molar-refractivity contribution is 0.350. The number of benzene rings is 1. The van der Waals surface area contributed by atoms with Crippen molar-refractivity contribution in [3.05, 3.63) is 35.4 Å². The molecule has 17 heavy (non-hydrogen) atoms. The highest BCUT2D eigenvalue weighted by Gasteiger charge is 2.09. The number of methoxy groups -OCH3 is 1. The van der Waals surface area contributed by atoms with Gasteiger partial charge in [0.1, 0.15) is 18.1 Å². The summed E-state index contributed by atoms with van der Waals surface area (Å²) in [5, 5.41) is 0. The van der Waals surface area contributed by atoms with Crippen LogP contribution < -0.4 is 15.2 Å². The first-order chi connectivity index (χ1) is 8.04. The molecule has 1 rings (SSSR count). The fourth-order valence-corrected chi connectivity index (χ4v) is 1.44. The number of rotatable bonds is 5. The third-order valence-corrected chi connectivity index (χ3v) is 2.44. The lowest BCUT2D eigenvalue weighted by Gasteiger charge is -2.14. The maximum absolute atomic E-state index is 5.90. The Morgan fingerprint density at radius 2 is 2.12 bits per heavy atom. The van der Waals surface area contributed by atoms with Gasteiger partial charge in [0.2, 0.25) is 0 Å². The van der Waals surface area contributed by atoms with Gasteiger partial charge in [-0.15, -0.1) is 0 Å². The summed E-state index contributed by atoms with van der Waals surface area (Å²) in [6.07, 6.45) is 2.03. The van der Waals surface area contributed by atoms with E-state index in [1.54, 1.807) is 7.11 Å². The summed E-state index contributed by atoms with van der Waals surface area (Å²) in [6.45, 7) is 6.58. The lowest BCUT2D eigenvalue weighted by atomic mass is 10.1. The van der Waals surface area contributed by atoms with E-state index >= 15 is 0 Å². The minimum atomic E-state index is -0.0531. The van der Waals surface area contributed by atoms with Crippen molar-refractivity contribution in [1.82, 2.24) is 0 Å². The zero-order chi connectivity index (χ0) is 12.8. The molecule has 0 aliphatic heterocycles. The van der Waals surface area contributed by atoms with Gasteiger partial charge in [0, 0.05) is 17.7 Å². The SMILES string of the molecule is COc1ccc([C@H](C)N)c(OCC=C(C)C)c1. The first-order valence-corrected chi connectivity index (χ1v) is 5.74. The van der Waals surface area contributed by atoms with Crippen LogP contribution in [-0.2, 0) is 0 Å². The minimum Gasteiger partial charge on any atom is -0.497 e. The monoisotopic (exact) mass is 235 g/mol. The maximum atomic E-state index is 5.90. The second kappa shape index (κ2) is 6.30. The summed E-state index contributed by atoms with van der Waals surface area (Å²) >= 11 is 0. The Kier molecular flexibility index (Phi) is 5.04. The summed E-state index contributed by atoms with van der Waals surface area (Å²) in [7, 11) is 1.64. The molecule has 0 unspecified atom stereocenters. The molecule has 0 heterocycles. The number of hydrogen-bond acceptors (Lipinski definition) is 3. The van der Waals surface area contributed by atoms with E-state index in [1.165, 1.54) is 5.57 Å². The molecule has 2 N–H and O–H groups in total. The van der Waals surface area contributed by atoms with Crippen LogP contribution in [0.4, 0.5) is 0 Å². The van der Waals surface area contributed by atoms with E-state index in [-0.39, 0.29) is 6.04 Å². The molecule has 0 fully saturated rings. The van der Waals surface area contributed by atoms with Crippen LogP contribution in [0.2, 0.25) is 0 Å². The molecule has 0 spiro atoms. The second-order valence-electron chi connectivity index (χ2n) is 4.28. The van der Waals surface area contributed by atoms with Gasteiger partial charge in [-0.3, -0.25) is 0 Å². The molecule has 0 aliphatic carbocycles. The van der Waals surface area contributed by atoms with Crippen LogP contribution in [-0.4, -0.2) is 13.7 Å². The smallest absolute Gasteiger partial charge is 0.128 e. The molecule has 1 atom stereocenters. The van der Waals surface area contributed by atoms with E-state index in [9.17, 15) is 0 Å². The predicted molar refractivity (Wildman–Crippen MR) is 70.5 cm³/mol. The van der Waals surface area contributed by atoms with Crippen LogP contribution in [0.1, 0.15) is 32.4 Å². The third kappa shape index (κ3) is 4.11. The van der Waals surface area contributed by atoms with Crippen molar-refractivity contribution in [1.29, 1.82) is 0 Å². The van der Waals surface area contributed by atoms with Crippen molar-refractivity contribution in [2.24, 2.45) is 5.73 Å². The quantitative estimate of drug-likeness (QED) is 0.798. The zero-order valence-corrected chi connectivity index (χ0v) is 11.0. The first kappa shape index (κ1) is 13.6. The van der Waals surface area contributed by atoms with Crippen molar-refractivity contribution < 1.29 is 9.47 Å². The first-order valence-electron chi connectivity index (χ1n) is 5.74. The molecule has 0 aromatic heterocycles. The number of ether oxygens (including phenoxy) is 2. The van der Waals surface area contributed by atoms with Crippen LogP contribution in [0.15, 0.2) is 29.8 Å². The van der Waals surface area contributed by atoms with Crippen LogP contribution in [0.5, 0.6) is 11.5 Å². The Morgan fingerprint density at radius 3 is 2.65 bits per heavy atom. The van der Waals surface area contributed by atoms with Crippen molar-refractivity contribution in [3.63, 3.8) is 0 Å². The van der Waals surface area contributed by atoms with E-state index in [4.69, 9.17) is 15.2 Å². The molecule has 0 saturated heterocycles. The number of nitrogens with two attached hydrogens (primary N) is 1. The molecular weight excluding hydrogens is 214 g/mol. The molecule has 1 aromatic carbocycles. The van der Waals surface area contributed by atoms with Crippen LogP contribution in [0.3, 0.4) is 0 Å². The Bertz CT molecular complexity index is 393. The average Bonchev–Trinajstić information content (AvgIpc) is 2.28. The average molecular weight is 235 g/mol. The van der Waals surface area contributed by atoms with Gasteiger partial charge >= 0.3 is 0 Å². The molecule has 1 aromatic rings. The normalized spacial score (nSPS) is 11.8. The Labute approximate surface area is 103 Å². The number of allylic oxidation sites excluding steroid dienone is 1. The molecule has 94 valence electrons. The minimum absolute atomic E-state index is 0.0531. The van der Waals surface area contributed by atoms with E-state index in [2.05, 4.69) is 0 Å². The largest absolute Gasteiger partial charge is 0.497 e. The third-order valence-electron chi connectivity index (χ3n) is 2.44. The summed E-state index contributed by atoms with van der Waals surface area (Å²) in [6, 6.07) is 5.66. The van der Waals surface area contributed by atoms with E-state index in [0.717, 1.165) is 17.1 Å². The van der Waals surface area contributed by atoms with Gasteiger partial charge in [0.05, 0.1) is 7.11 Å². The van der Waals surface area contributed by atoms with Gasteiger partial charge in [-0.05, 0) is 32.9 Å². The Hall–Kier alpha value is -1.48. The Morgan fingerprint density at radius 1 is 1.41 bits per heavy atom. The van der Waals surface area contributed by atoms with Crippen LogP contribution >= 0.6 is 0 Å². The van der Waals surface area contributed by atoms with Gasteiger partial charge in [-0.1, -0.05) is 11.6 Å². The molecule has 0 amide bonds. The standard InChI is InChI=1S/C14H21NO2/c1-10(2)7-8-17-14-9-12(16-4)5-6-13(14)11(3)15/h5-7,9,11H,8,15H2,1-4H3/t11-/m0/s1. The topological polar surface area (TPSA) is 44.5 Å². The molecule has 3 heteroatoms. The molecule has 0 radical (unpaired) electrons. The van der Waals surface area contributed by atoms with Gasteiger partial charge in [-0.2, -0.15) is 0 Å². The second-order valence-corrected chi connectivity index (χ2v) is 4.28. The van der Waals surface area contributed by atoms with Crippen LogP contribution in [0.25, 0.3) is 0 Å². The fourth-order valence-electron chi connectivity index (χ4n) is 1.44. The van der Waals surface area contributed by atoms with Gasteiger partial charge in [0.25, 0.3) is 0 Å². The fraction of sp³-hybridized carbons (Fsp3) is 0.429. The van der Waals surface area contributed by atoms with Crippen molar-refractivity contribution in [3.8, 4) is 11.5 Å². The van der Waals surface area contributed by atoms with Gasteiger partial charge < -0.3 is 15.2 Å². The molecule has 0 saturated carbocycles. The van der Waals surface area contributed by atoms with Crippen molar-refractivity contribution in [2.75, 3.05) is 13.7 Å². The summed E-state index contributed by atoms with van der Waals surface area (Å²) in [5.41, 5.74) is 8.13. The molecule has 3 nitrogen and oxygen atoms in total. The Balaban J connectivity index is 2.89. The van der Waals surface area contributed by atoms with E-state index < -0.39 is 0 Å². The number of hydrogen-bond donors (Lipinski definition) is 1. The highest BCUT2D eigenvalue weighted by Crippen LogP contribution is 2.28. The summed E-state index contributed by atoms with van der Waals surface area (Å²) < 4.78 is 10.9. The van der Waals surface area contributed by atoms with Crippen molar-refractivity contribution >= 4 is 0 Å². The zero-order valence-electron chi connectivity index (χ0n) is 11.0. The molecule has 0 bridgehead atoms. The molecule has 0 aliphatic rings. The summed E-state index contributed by atoms with van der Waals surface area (Å²) in [5.74, 6) is 1.57. The predicted octanol–water partition coefficient (Wildman–Crippen LogP) is 3.06. The highest BCUT2D eigenvalue weighted by molar-refractivity contribution is 5.42.